The minimum Gasteiger partial charge on any atom is -0.480 e. The molecule has 0 unspecified atom stereocenters. The van der Waals surface area contributed by atoms with Crippen LogP contribution in [0.25, 0.3) is 22.2 Å². The van der Waals surface area contributed by atoms with Crippen LogP contribution < -0.4 is 14.8 Å². The highest BCUT2D eigenvalue weighted by Gasteiger charge is 2.24. The smallest absolute Gasteiger partial charge is 0.267 e. The summed E-state index contributed by atoms with van der Waals surface area (Å²) in [6.45, 7) is 3.61. The number of aromatic nitrogens is 4. The third-order valence-electron chi connectivity index (χ3n) is 5.28. The van der Waals surface area contributed by atoms with Crippen LogP contribution in [0.2, 0.25) is 0 Å². The zero-order valence-corrected chi connectivity index (χ0v) is 19.9. The molecule has 3 heterocycles. The number of methoxy groups -OCH3 is 1. The van der Waals surface area contributed by atoms with Crippen molar-refractivity contribution in [2.24, 2.45) is 0 Å². The van der Waals surface area contributed by atoms with Crippen molar-refractivity contribution in [3.8, 4) is 17.0 Å². The fourth-order valence-corrected chi connectivity index (χ4v) is 4.71. The van der Waals surface area contributed by atoms with Crippen molar-refractivity contribution in [1.29, 1.82) is 0 Å². The Morgan fingerprint density at radius 3 is 2.59 bits per heavy atom. The van der Waals surface area contributed by atoms with Gasteiger partial charge in [-0.2, -0.15) is 4.98 Å². The standard InChI is InChI=1S/C23H23FN6O3S/c1-5-14-9-19(22(33-4)26-11-14)34(31,32)30-18-8-6-7-16(20(18)24)17-10-15-12-27-23(25-3)29-21(15)28-13(17)2/h6-12,30H,5H2,1-4H3,(H,25,27,28,29). The van der Waals surface area contributed by atoms with E-state index in [1.807, 2.05) is 6.92 Å². The number of fused-ring (bicyclic) bond motifs is 1. The van der Waals surface area contributed by atoms with Crippen LogP contribution in [0, 0.1) is 12.7 Å². The van der Waals surface area contributed by atoms with Crippen molar-refractivity contribution < 1.29 is 17.5 Å². The number of pyridine rings is 2. The van der Waals surface area contributed by atoms with Crippen LogP contribution in [0.1, 0.15) is 18.2 Å². The molecule has 0 fully saturated rings. The molecule has 2 N–H and O–H groups in total. The summed E-state index contributed by atoms with van der Waals surface area (Å²) in [5.74, 6) is -0.384. The minimum atomic E-state index is -4.18. The third-order valence-corrected chi connectivity index (χ3v) is 6.64. The van der Waals surface area contributed by atoms with E-state index in [1.54, 1.807) is 38.4 Å². The summed E-state index contributed by atoms with van der Waals surface area (Å²) in [5, 5.41) is 3.47. The summed E-state index contributed by atoms with van der Waals surface area (Å²) in [4.78, 5) is 16.8. The zero-order chi connectivity index (χ0) is 24.5. The van der Waals surface area contributed by atoms with Crippen LogP contribution in [0.5, 0.6) is 5.88 Å². The molecule has 0 aliphatic carbocycles. The van der Waals surface area contributed by atoms with E-state index in [9.17, 15) is 8.42 Å². The second-order valence-electron chi connectivity index (χ2n) is 7.45. The van der Waals surface area contributed by atoms with Gasteiger partial charge in [-0.3, -0.25) is 4.72 Å². The van der Waals surface area contributed by atoms with E-state index in [-0.39, 0.29) is 22.0 Å². The number of hydrogen-bond acceptors (Lipinski definition) is 8. The fraction of sp³-hybridized carbons (Fsp3) is 0.217. The summed E-state index contributed by atoms with van der Waals surface area (Å²) in [5.41, 5.74) is 2.19. The summed E-state index contributed by atoms with van der Waals surface area (Å²) >= 11 is 0. The number of benzene rings is 1. The number of sulfonamides is 1. The number of rotatable bonds is 7. The SMILES string of the molecule is CCc1cnc(OC)c(S(=O)(=O)Nc2cccc(-c3cc4cnc(NC)nc4nc3C)c2F)c1. The van der Waals surface area contributed by atoms with Gasteiger partial charge in [-0.25, -0.2) is 27.8 Å². The van der Waals surface area contributed by atoms with E-state index in [4.69, 9.17) is 4.74 Å². The molecule has 4 aromatic rings. The van der Waals surface area contributed by atoms with Crippen LogP contribution in [-0.4, -0.2) is 42.5 Å². The predicted molar refractivity (Wildman–Crippen MR) is 128 cm³/mol. The average molecular weight is 483 g/mol. The Morgan fingerprint density at radius 2 is 1.88 bits per heavy atom. The molecule has 0 saturated heterocycles. The molecule has 1 aromatic carbocycles. The van der Waals surface area contributed by atoms with Gasteiger partial charge in [0.05, 0.1) is 12.8 Å². The molecular weight excluding hydrogens is 459 g/mol. The maximum absolute atomic E-state index is 15.6. The van der Waals surface area contributed by atoms with E-state index >= 15 is 4.39 Å². The van der Waals surface area contributed by atoms with Crippen molar-refractivity contribution in [3.05, 3.63) is 59.8 Å². The van der Waals surface area contributed by atoms with Crippen LogP contribution in [0.4, 0.5) is 16.0 Å². The molecule has 0 aliphatic heterocycles. The Hall–Kier alpha value is -3.86. The van der Waals surface area contributed by atoms with Crippen LogP contribution >= 0.6 is 0 Å². The molecule has 0 aliphatic rings. The lowest BCUT2D eigenvalue weighted by Gasteiger charge is -2.15. The first-order valence-electron chi connectivity index (χ1n) is 10.4. The first kappa shape index (κ1) is 23.3. The summed E-state index contributed by atoms with van der Waals surface area (Å²) in [6, 6.07) is 7.67. The second kappa shape index (κ2) is 9.18. The third kappa shape index (κ3) is 4.34. The number of halogens is 1. The minimum absolute atomic E-state index is 0.0724. The molecule has 0 bridgehead atoms. The quantitative estimate of drug-likeness (QED) is 0.406. The average Bonchev–Trinajstić information content (AvgIpc) is 2.84. The lowest BCUT2D eigenvalue weighted by Crippen LogP contribution is -2.16. The van der Waals surface area contributed by atoms with Crippen LogP contribution in [0.15, 0.2) is 47.6 Å². The second-order valence-corrected chi connectivity index (χ2v) is 9.11. The Balaban J connectivity index is 1.77. The topological polar surface area (TPSA) is 119 Å². The van der Waals surface area contributed by atoms with E-state index in [0.717, 1.165) is 0 Å². The van der Waals surface area contributed by atoms with Crippen molar-refractivity contribution in [2.45, 2.75) is 25.2 Å². The Bertz CT molecular complexity index is 1490. The van der Waals surface area contributed by atoms with Crippen molar-refractivity contribution >= 4 is 32.7 Å². The summed E-state index contributed by atoms with van der Waals surface area (Å²) < 4.78 is 49.3. The molecule has 4 rings (SSSR count). The molecule has 11 heteroatoms. The van der Waals surface area contributed by atoms with E-state index in [1.165, 1.54) is 25.4 Å². The predicted octanol–water partition coefficient (Wildman–Crippen LogP) is 3.95. The van der Waals surface area contributed by atoms with Crippen molar-refractivity contribution in [2.75, 3.05) is 24.2 Å². The van der Waals surface area contributed by atoms with Gasteiger partial charge in [0.1, 0.15) is 4.90 Å². The molecule has 0 atom stereocenters. The maximum Gasteiger partial charge on any atom is 0.267 e. The molecule has 9 nitrogen and oxygen atoms in total. The van der Waals surface area contributed by atoms with Gasteiger partial charge in [0.25, 0.3) is 10.0 Å². The molecule has 0 amide bonds. The molecule has 3 aromatic heterocycles. The van der Waals surface area contributed by atoms with Gasteiger partial charge in [-0.15, -0.1) is 0 Å². The molecule has 176 valence electrons. The molecular formula is C23H23FN6O3S. The number of ether oxygens (including phenoxy) is 1. The number of hydrogen-bond donors (Lipinski definition) is 2. The normalized spacial score (nSPS) is 11.4. The fourth-order valence-electron chi connectivity index (χ4n) is 3.48. The number of nitrogens with zero attached hydrogens (tertiary/aromatic N) is 4. The van der Waals surface area contributed by atoms with Gasteiger partial charge in [-0.1, -0.05) is 19.1 Å². The summed E-state index contributed by atoms with van der Waals surface area (Å²) in [7, 11) is -1.15. The van der Waals surface area contributed by atoms with Gasteiger partial charge in [0, 0.05) is 41.6 Å². The van der Waals surface area contributed by atoms with Crippen molar-refractivity contribution in [3.63, 3.8) is 0 Å². The van der Waals surface area contributed by atoms with E-state index < -0.39 is 15.8 Å². The maximum atomic E-state index is 15.6. The highest BCUT2D eigenvalue weighted by molar-refractivity contribution is 7.92. The summed E-state index contributed by atoms with van der Waals surface area (Å²) in [6.07, 6.45) is 3.71. The molecule has 0 radical (unpaired) electrons. The van der Waals surface area contributed by atoms with Gasteiger partial charge >= 0.3 is 0 Å². The van der Waals surface area contributed by atoms with E-state index in [0.29, 0.717) is 40.2 Å². The van der Waals surface area contributed by atoms with Crippen LogP contribution in [-0.2, 0) is 16.4 Å². The largest absolute Gasteiger partial charge is 0.480 e. The Labute approximate surface area is 196 Å². The Morgan fingerprint density at radius 1 is 1.09 bits per heavy atom. The first-order chi connectivity index (χ1) is 16.3. The van der Waals surface area contributed by atoms with Gasteiger partial charge < -0.3 is 10.1 Å². The molecule has 34 heavy (non-hydrogen) atoms. The molecule has 0 saturated carbocycles. The number of nitrogens with one attached hydrogen (secondary N) is 2. The zero-order valence-electron chi connectivity index (χ0n) is 19.0. The lowest BCUT2D eigenvalue weighted by atomic mass is 10.0. The number of anilines is 2. The Kier molecular flexibility index (Phi) is 6.29. The van der Waals surface area contributed by atoms with Crippen LogP contribution in [0.3, 0.4) is 0 Å². The van der Waals surface area contributed by atoms with Crippen molar-refractivity contribution in [1.82, 2.24) is 19.9 Å². The van der Waals surface area contributed by atoms with Gasteiger partial charge in [0.2, 0.25) is 11.8 Å². The first-order valence-corrected chi connectivity index (χ1v) is 11.9. The number of aryl methyl sites for hydroxylation is 2. The monoisotopic (exact) mass is 482 g/mol. The van der Waals surface area contributed by atoms with Gasteiger partial charge in [-0.05, 0) is 37.1 Å². The lowest BCUT2D eigenvalue weighted by molar-refractivity contribution is 0.385. The highest BCUT2D eigenvalue weighted by atomic mass is 32.2. The highest BCUT2D eigenvalue weighted by Crippen LogP contribution is 2.33. The van der Waals surface area contributed by atoms with E-state index in [2.05, 4.69) is 30.0 Å². The van der Waals surface area contributed by atoms with Gasteiger partial charge in [0.15, 0.2) is 11.5 Å². The molecule has 0 spiro atoms.